The van der Waals surface area contributed by atoms with Crippen LogP contribution in [0.1, 0.15) is 0 Å². The van der Waals surface area contributed by atoms with E-state index in [9.17, 15) is 0 Å². The molecule has 0 atom stereocenters. The normalized spacial score (nSPS) is 5.00. The van der Waals surface area contributed by atoms with E-state index in [1.54, 1.807) is 6.54 Å². The van der Waals surface area contributed by atoms with Crippen molar-refractivity contribution in [2.75, 3.05) is 0 Å². The molecule has 0 aromatic rings. The van der Waals surface area contributed by atoms with E-state index >= 15 is 0 Å². The summed E-state index contributed by atoms with van der Waals surface area (Å²) in [5.41, 5.74) is 4.42. The maximum absolute atomic E-state index is 7.39. The molecule has 4 heavy (non-hydrogen) atoms. The Morgan fingerprint density at radius 2 is 2.00 bits per heavy atom. The van der Waals surface area contributed by atoms with Crippen LogP contribution in [0.15, 0.2) is 0 Å². The van der Waals surface area contributed by atoms with E-state index < -0.39 is 0 Å². The van der Waals surface area contributed by atoms with Crippen LogP contribution in [0, 0.1) is 17.9 Å². The van der Waals surface area contributed by atoms with E-state index in [1.165, 1.54) is 6.07 Å². The molecular weight excluding hydrogens is 52.0 g/mol. The Morgan fingerprint density at radius 3 is 2.00 bits per heavy atom. The van der Waals surface area contributed by atoms with E-state index in [0.717, 1.165) is 0 Å². The van der Waals surface area contributed by atoms with Gasteiger partial charge in [-0.15, -0.1) is 0 Å². The zero-order valence-electron chi connectivity index (χ0n) is 2.02. The molecule has 0 amide bonds. The van der Waals surface area contributed by atoms with Gasteiger partial charge >= 0.3 is 0 Å². The number of nitriles is 1. The van der Waals surface area contributed by atoms with Crippen molar-refractivity contribution in [2.24, 2.45) is 5.73 Å². The highest BCUT2D eigenvalue weighted by Crippen LogP contribution is 1.38. The average Bonchev–Trinajstić information content (AvgIpc) is 1.37. The third-order valence-electron chi connectivity index (χ3n) is 0.0645. The van der Waals surface area contributed by atoms with Crippen LogP contribution in [-0.2, 0) is 0 Å². The van der Waals surface area contributed by atoms with Gasteiger partial charge in [0, 0.05) is 0 Å². The molecule has 0 saturated carbocycles. The lowest BCUT2D eigenvalue weighted by Gasteiger charge is -1.46. The molecule has 0 aliphatic carbocycles. The Bertz CT molecular complexity index is 33.8. The summed E-state index contributed by atoms with van der Waals surface area (Å²) in [6, 6.07) is 1.46. The van der Waals surface area contributed by atoms with Crippen LogP contribution in [0.2, 0.25) is 0 Å². The Kier molecular flexibility index (Phi) is 2.11. The molecule has 0 aromatic heterocycles. The molecule has 0 unspecified atom stereocenters. The Hall–Kier alpha value is -0.550. The third kappa shape index (κ3) is 1.45. The molecule has 2 radical (unpaired) electrons. The standard InChI is InChI=1S/C2H2N2/c3-1-2-4/h3H2. The fraction of sp³-hybridized carbons (Fsp3) is 0. The lowest BCUT2D eigenvalue weighted by atomic mass is 10.8. The SMILES string of the molecule is N#C[C]N. The van der Waals surface area contributed by atoms with Gasteiger partial charge in [0.25, 0.3) is 0 Å². The molecule has 2 N–H and O–H groups in total. The van der Waals surface area contributed by atoms with Gasteiger partial charge in [-0.25, -0.2) is 0 Å². The quantitative estimate of drug-likeness (QED) is 0.379. The van der Waals surface area contributed by atoms with Crippen molar-refractivity contribution in [1.82, 2.24) is 0 Å². The second-order valence-electron chi connectivity index (χ2n) is 0.256. The van der Waals surface area contributed by atoms with Crippen molar-refractivity contribution < 1.29 is 0 Å². The van der Waals surface area contributed by atoms with Gasteiger partial charge in [0.05, 0.1) is 6.07 Å². The van der Waals surface area contributed by atoms with Gasteiger partial charge in [-0.2, -0.15) is 5.26 Å². The van der Waals surface area contributed by atoms with E-state index in [1.807, 2.05) is 0 Å². The molecule has 0 saturated heterocycles. The zero-order chi connectivity index (χ0) is 3.41. The fourth-order valence-electron chi connectivity index (χ4n) is 0. The van der Waals surface area contributed by atoms with E-state index in [2.05, 4.69) is 5.73 Å². The minimum Gasteiger partial charge on any atom is -0.308 e. The maximum Gasteiger partial charge on any atom is 0.173 e. The summed E-state index contributed by atoms with van der Waals surface area (Å²) < 4.78 is 0. The molecule has 0 aromatic carbocycles. The van der Waals surface area contributed by atoms with Gasteiger partial charge in [0.2, 0.25) is 0 Å². The first-order valence-corrected chi connectivity index (χ1v) is 0.762. The molecule has 0 bridgehead atoms. The summed E-state index contributed by atoms with van der Waals surface area (Å²) in [4.78, 5) is 0. The van der Waals surface area contributed by atoms with Crippen LogP contribution < -0.4 is 5.73 Å². The first kappa shape index (κ1) is 3.45. The monoisotopic (exact) mass is 54.0 g/mol. The van der Waals surface area contributed by atoms with E-state index in [0.29, 0.717) is 0 Å². The largest absolute Gasteiger partial charge is 0.308 e. The molecule has 0 rings (SSSR count). The number of hydrogen-bond acceptors (Lipinski definition) is 2. The van der Waals surface area contributed by atoms with Gasteiger partial charge in [-0.1, -0.05) is 0 Å². The molecule has 0 heterocycles. The summed E-state index contributed by atoms with van der Waals surface area (Å²) in [5, 5.41) is 7.39. The lowest BCUT2D eigenvalue weighted by Crippen LogP contribution is -1.81. The smallest absolute Gasteiger partial charge is 0.173 e. The first-order valence-electron chi connectivity index (χ1n) is 0.762. The summed E-state index contributed by atoms with van der Waals surface area (Å²) in [7, 11) is 0. The Labute approximate surface area is 24.8 Å². The van der Waals surface area contributed by atoms with Crippen molar-refractivity contribution in [3.8, 4) is 6.07 Å². The van der Waals surface area contributed by atoms with Crippen molar-refractivity contribution in [3.63, 3.8) is 0 Å². The molecular formula is C2H2N2. The third-order valence-corrected chi connectivity index (χ3v) is 0.0645. The summed E-state index contributed by atoms with van der Waals surface area (Å²) in [6.07, 6.45) is 0. The van der Waals surface area contributed by atoms with Crippen LogP contribution in [0.4, 0.5) is 0 Å². The summed E-state index contributed by atoms with van der Waals surface area (Å²) in [5.74, 6) is 0. The zero-order valence-corrected chi connectivity index (χ0v) is 2.02. The number of nitrogens with two attached hydrogens (primary N) is 1. The first-order chi connectivity index (χ1) is 1.91. The van der Waals surface area contributed by atoms with Crippen molar-refractivity contribution in [1.29, 1.82) is 5.26 Å². The minimum atomic E-state index is 1.46. The topological polar surface area (TPSA) is 49.8 Å². The minimum absolute atomic E-state index is 1.46. The number of hydrogen-bond donors (Lipinski definition) is 1. The van der Waals surface area contributed by atoms with Crippen LogP contribution in [0.25, 0.3) is 0 Å². The predicted octanol–water partition coefficient (Wildman–Crippen LogP) is -0.493. The highest BCUT2D eigenvalue weighted by Gasteiger charge is 1.53. The average molecular weight is 54.1 g/mol. The fourth-order valence-corrected chi connectivity index (χ4v) is 0. The van der Waals surface area contributed by atoms with Gasteiger partial charge in [0.1, 0.15) is 0 Å². The van der Waals surface area contributed by atoms with Crippen molar-refractivity contribution in [3.05, 3.63) is 6.54 Å². The Morgan fingerprint density at radius 1 is 1.75 bits per heavy atom. The van der Waals surface area contributed by atoms with Crippen LogP contribution >= 0.6 is 0 Å². The van der Waals surface area contributed by atoms with Crippen LogP contribution in [0.3, 0.4) is 0 Å². The van der Waals surface area contributed by atoms with Crippen molar-refractivity contribution >= 4 is 0 Å². The number of rotatable bonds is 0. The van der Waals surface area contributed by atoms with Gasteiger partial charge in [0.15, 0.2) is 6.54 Å². The second kappa shape index (κ2) is 2.45. The van der Waals surface area contributed by atoms with Crippen molar-refractivity contribution in [2.45, 2.75) is 0 Å². The molecule has 2 nitrogen and oxygen atoms in total. The molecule has 0 spiro atoms. The van der Waals surface area contributed by atoms with Gasteiger partial charge < -0.3 is 5.73 Å². The Balaban J connectivity index is 2.43. The van der Waals surface area contributed by atoms with Crippen LogP contribution in [0.5, 0.6) is 0 Å². The van der Waals surface area contributed by atoms with Crippen LogP contribution in [-0.4, -0.2) is 0 Å². The second-order valence-corrected chi connectivity index (χ2v) is 0.256. The van der Waals surface area contributed by atoms with Gasteiger partial charge in [-0.3, -0.25) is 0 Å². The molecule has 0 aliphatic heterocycles. The van der Waals surface area contributed by atoms with E-state index in [4.69, 9.17) is 5.26 Å². The van der Waals surface area contributed by atoms with Gasteiger partial charge in [-0.05, 0) is 0 Å². The highest BCUT2D eigenvalue weighted by molar-refractivity contribution is 4.83. The maximum atomic E-state index is 7.39. The molecule has 2 heteroatoms. The lowest BCUT2D eigenvalue weighted by molar-refractivity contribution is 1.40. The molecule has 0 fully saturated rings. The molecule has 0 aliphatic rings. The van der Waals surface area contributed by atoms with E-state index in [-0.39, 0.29) is 0 Å². The predicted molar refractivity (Wildman–Crippen MR) is 13.0 cm³/mol. The number of nitrogens with zero attached hydrogens (tertiary/aromatic N) is 1. The summed E-state index contributed by atoms with van der Waals surface area (Å²) in [6.45, 7) is 1.74. The summed E-state index contributed by atoms with van der Waals surface area (Å²) >= 11 is 0. The molecule has 20 valence electrons. The highest BCUT2D eigenvalue weighted by atomic mass is 14.5.